The predicted octanol–water partition coefficient (Wildman–Crippen LogP) is 3.15. The van der Waals surface area contributed by atoms with E-state index in [1.54, 1.807) is 7.11 Å². The number of methoxy groups -OCH3 is 1. The second-order valence-electron chi connectivity index (χ2n) is 3.69. The minimum absolute atomic E-state index is 0.468. The summed E-state index contributed by atoms with van der Waals surface area (Å²) in [5, 5.41) is 3.53. The van der Waals surface area contributed by atoms with E-state index < -0.39 is 0 Å². The van der Waals surface area contributed by atoms with Crippen molar-refractivity contribution in [3.63, 3.8) is 0 Å². The SMILES string of the molecule is CCCN[C@@H](CC)c1ccc(OC)cc1. The maximum atomic E-state index is 5.14. The second-order valence-corrected chi connectivity index (χ2v) is 3.69. The third-order valence-electron chi connectivity index (χ3n) is 2.57. The van der Waals surface area contributed by atoms with Gasteiger partial charge in [-0.2, -0.15) is 0 Å². The fourth-order valence-electron chi connectivity index (χ4n) is 1.65. The molecule has 2 heteroatoms. The van der Waals surface area contributed by atoms with Gasteiger partial charge in [0.25, 0.3) is 0 Å². The Balaban J connectivity index is 2.65. The molecule has 0 spiro atoms. The Morgan fingerprint density at radius 3 is 2.33 bits per heavy atom. The highest BCUT2D eigenvalue weighted by molar-refractivity contribution is 5.29. The smallest absolute Gasteiger partial charge is 0.118 e. The molecule has 0 aromatic heterocycles. The zero-order valence-corrected chi connectivity index (χ0v) is 9.92. The number of benzene rings is 1. The van der Waals surface area contributed by atoms with Crippen LogP contribution in [0.25, 0.3) is 0 Å². The molecule has 0 radical (unpaired) electrons. The van der Waals surface area contributed by atoms with E-state index in [0.29, 0.717) is 6.04 Å². The molecule has 1 aromatic rings. The molecule has 0 aliphatic heterocycles. The molecule has 2 nitrogen and oxygen atoms in total. The second kappa shape index (κ2) is 6.46. The van der Waals surface area contributed by atoms with Crippen LogP contribution in [-0.2, 0) is 0 Å². The van der Waals surface area contributed by atoms with Gasteiger partial charge in [0.05, 0.1) is 7.11 Å². The van der Waals surface area contributed by atoms with E-state index in [-0.39, 0.29) is 0 Å². The van der Waals surface area contributed by atoms with Crippen LogP contribution in [0, 0.1) is 0 Å². The summed E-state index contributed by atoms with van der Waals surface area (Å²) in [6.45, 7) is 5.47. The number of rotatable bonds is 6. The summed E-state index contributed by atoms with van der Waals surface area (Å²) in [7, 11) is 1.70. The largest absolute Gasteiger partial charge is 0.497 e. The summed E-state index contributed by atoms with van der Waals surface area (Å²) in [5.74, 6) is 0.920. The first-order valence-corrected chi connectivity index (χ1v) is 5.69. The van der Waals surface area contributed by atoms with Gasteiger partial charge in [-0.05, 0) is 37.1 Å². The van der Waals surface area contributed by atoms with E-state index in [1.807, 2.05) is 12.1 Å². The lowest BCUT2D eigenvalue weighted by molar-refractivity contribution is 0.414. The van der Waals surface area contributed by atoms with Crippen molar-refractivity contribution in [2.75, 3.05) is 13.7 Å². The van der Waals surface area contributed by atoms with E-state index in [0.717, 1.165) is 18.7 Å². The quantitative estimate of drug-likeness (QED) is 0.773. The fraction of sp³-hybridized carbons (Fsp3) is 0.538. The summed E-state index contributed by atoms with van der Waals surface area (Å²) in [6, 6.07) is 8.78. The Bertz CT molecular complexity index is 268. The van der Waals surface area contributed by atoms with Crippen LogP contribution in [0.5, 0.6) is 5.75 Å². The normalized spacial score (nSPS) is 12.5. The van der Waals surface area contributed by atoms with Crippen molar-refractivity contribution < 1.29 is 4.74 Å². The molecular weight excluding hydrogens is 186 g/mol. The molecule has 15 heavy (non-hydrogen) atoms. The van der Waals surface area contributed by atoms with Gasteiger partial charge in [0.15, 0.2) is 0 Å². The lowest BCUT2D eigenvalue weighted by Crippen LogP contribution is -2.21. The third kappa shape index (κ3) is 3.56. The molecule has 84 valence electrons. The van der Waals surface area contributed by atoms with Gasteiger partial charge in [0.2, 0.25) is 0 Å². The lowest BCUT2D eigenvalue weighted by Gasteiger charge is -2.17. The first-order valence-electron chi connectivity index (χ1n) is 5.69. The van der Waals surface area contributed by atoms with Crippen molar-refractivity contribution in [3.8, 4) is 5.75 Å². The van der Waals surface area contributed by atoms with Crippen molar-refractivity contribution in [3.05, 3.63) is 29.8 Å². The summed E-state index contributed by atoms with van der Waals surface area (Å²) in [4.78, 5) is 0. The van der Waals surface area contributed by atoms with Crippen LogP contribution in [0.3, 0.4) is 0 Å². The van der Waals surface area contributed by atoms with Crippen LogP contribution in [0.15, 0.2) is 24.3 Å². The Kier molecular flexibility index (Phi) is 5.19. The van der Waals surface area contributed by atoms with Gasteiger partial charge in [0, 0.05) is 6.04 Å². The first-order chi connectivity index (χ1) is 7.31. The first kappa shape index (κ1) is 12.1. The molecule has 1 aromatic carbocycles. The maximum absolute atomic E-state index is 5.14. The van der Waals surface area contributed by atoms with Crippen LogP contribution in [0.1, 0.15) is 38.3 Å². The molecule has 0 aliphatic rings. The van der Waals surface area contributed by atoms with Gasteiger partial charge in [-0.15, -0.1) is 0 Å². The highest BCUT2D eigenvalue weighted by atomic mass is 16.5. The molecule has 0 amide bonds. The van der Waals surface area contributed by atoms with Crippen molar-refractivity contribution in [2.24, 2.45) is 0 Å². The number of hydrogen-bond acceptors (Lipinski definition) is 2. The number of ether oxygens (including phenoxy) is 1. The van der Waals surface area contributed by atoms with Gasteiger partial charge < -0.3 is 10.1 Å². The van der Waals surface area contributed by atoms with Gasteiger partial charge >= 0.3 is 0 Å². The van der Waals surface area contributed by atoms with Crippen LogP contribution >= 0.6 is 0 Å². The predicted molar refractivity (Wildman–Crippen MR) is 64.3 cm³/mol. The summed E-state index contributed by atoms with van der Waals surface area (Å²) in [6.07, 6.45) is 2.29. The molecule has 0 heterocycles. The van der Waals surface area contributed by atoms with Crippen LogP contribution in [-0.4, -0.2) is 13.7 Å². The number of nitrogens with one attached hydrogen (secondary N) is 1. The minimum atomic E-state index is 0.468. The highest BCUT2D eigenvalue weighted by Crippen LogP contribution is 2.19. The van der Waals surface area contributed by atoms with Gasteiger partial charge in [-0.1, -0.05) is 26.0 Å². The topological polar surface area (TPSA) is 21.3 Å². The molecule has 0 aliphatic carbocycles. The lowest BCUT2D eigenvalue weighted by atomic mass is 10.0. The molecule has 0 saturated heterocycles. The molecule has 0 fully saturated rings. The molecule has 1 rings (SSSR count). The van der Waals surface area contributed by atoms with E-state index in [1.165, 1.54) is 12.0 Å². The van der Waals surface area contributed by atoms with Gasteiger partial charge in [-0.25, -0.2) is 0 Å². The summed E-state index contributed by atoms with van der Waals surface area (Å²) >= 11 is 0. The summed E-state index contributed by atoms with van der Waals surface area (Å²) in [5.41, 5.74) is 1.34. The Labute approximate surface area is 92.6 Å². The third-order valence-corrected chi connectivity index (χ3v) is 2.57. The molecule has 1 atom stereocenters. The van der Waals surface area contributed by atoms with Crippen molar-refractivity contribution in [1.82, 2.24) is 5.32 Å². The number of hydrogen-bond donors (Lipinski definition) is 1. The molecule has 0 bridgehead atoms. The van der Waals surface area contributed by atoms with E-state index in [9.17, 15) is 0 Å². The molecule has 0 saturated carbocycles. The summed E-state index contributed by atoms with van der Waals surface area (Å²) < 4.78 is 5.14. The highest BCUT2D eigenvalue weighted by Gasteiger charge is 2.07. The Morgan fingerprint density at radius 2 is 1.87 bits per heavy atom. The van der Waals surface area contributed by atoms with Gasteiger partial charge in [0.1, 0.15) is 5.75 Å². The Morgan fingerprint density at radius 1 is 1.20 bits per heavy atom. The molecule has 0 unspecified atom stereocenters. The van der Waals surface area contributed by atoms with Crippen molar-refractivity contribution >= 4 is 0 Å². The fourth-order valence-corrected chi connectivity index (χ4v) is 1.65. The Hall–Kier alpha value is -1.02. The average Bonchev–Trinajstić information content (AvgIpc) is 2.31. The monoisotopic (exact) mass is 207 g/mol. The van der Waals surface area contributed by atoms with Gasteiger partial charge in [-0.3, -0.25) is 0 Å². The zero-order valence-electron chi connectivity index (χ0n) is 9.92. The van der Waals surface area contributed by atoms with Crippen molar-refractivity contribution in [1.29, 1.82) is 0 Å². The maximum Gasteiger partial charge on any atom is 0.118 e. The van der Waals surface area contributed by atoms with Crippen LogP contribution in [0.4, 0.5) is 0 Å². The molecular formula is C13H21NO. The van der Waals surface area contributed by atoms with Crippen molar-refractivity contribution in [2.45, 2.75) is 32.7 Å². The van der Waals surface area contributed by atoms with E-state index in [4.69, 9.17) is 4.74 Å². The van der Waals surface area contributed by atoms with Crippen LogP contribution < -0.4 is 10.1 Å². The van der Waals surface area contributed by atoms with E-state index >= 15 is 0 Å². The van der Waals surface area contributed by atoms with Crippen LogP contribution in [0.2, 0.25) is 0 Å². The molecule has 1 N–H and O–H groups in total. The zero-order chi connectivity index (χ0) is 11.1. The average molecular weight is 207 g/mol. The minimum Gasteiger partial charge on any atom is -0.497 e. The standard InChI is InChI=1S/C13H21NO/c1-4-10-14-13(5-2)11-6-8-12(15-3)9-7-11/h6-9,13-14H,4-5,10H2,1-3H3/t13-/m0/s1. The van der Waals surface area contributed by atoms with E-state index in [2.05, 4.69) is 31.3 Å².